The molecule has 2 N–H and O–H groups in total. The Morgan fingerprint density at radius 2 is 2.11 bits per heavy atom. The van der Waals surface area contributed by atoms with E-state index in [1.165, 1.54) is 0 Å². The van der Waals surface area contributed by atoms with Crippen LogP contribution in [0.25, 0.3) is 0 Å². The van der Waals surface area contributed by atoms with Gasteiger partial charge in [-0.3, -0.25) is 4.79 Å². The van der Waals surface area contributed by atoms with Crippen LogP contribution in [0.4, 0.5) is 14.5 Å². The number of anilines is 1. The summed E-state index contributed by atoms with van der Waals surface area (Å²) in [6.45, 7) is 2.12. The molecule has 0 bridgehead atoms. The number of carbonyl (C=O) groups is 1. The highest BCUT2D eigenvalue weighted by Crippen LogP contribution is 2.39. The van der Waals surface area contributed by atoms with Crippen LogP contribution in [0.15, 0.2) is 24.3 Å². The minimum Gasteiger partial charge on any atom is -0.368 e. The molecule has 2 atom stereocenters. The second kappa shape index (κ2) is 4.92. The summed E-state index contributed by atoms with van der Waals surface area (Å²) in [6, 6.07) is 6.51. The van der Waals surface area contributed by atoms with Gasteiger partial charge in [-0.1, -0.05) is 18.2 Å². The van der Waals surface area contributed by atoms with Crippen molar-refractivity contribution in [3.8, 4) is 0 Å². The van der Waals surface area contributed by atoms with E-state index in [0.717, 1.165) is 0 Å². The summed E-state index contributed by atoms with van der Waals surface area (Å²) < 4.78 is 26.0. The lowest BCUT2D eigenvalue weighted by Crippen LogP contribution is -2.46. The molecule has 0 radical (unpaired) electrons. The zero-order valence-corrected chi connectivity index (χ0v) is 10.1. The molecule has 0 aromatic heterocycles. The van der Waals surface area contributed by atoms with Crippen molar-refractivity contribution in [1.82, 2.24) is 0 Å². The van der Waals surface area contributed by atoms with Crippen LogP contribution in [0.1, 0.15) is 24.8 Å². The smallest absolute Gasteiger partial charge is 0.245 e. The number of amides is 1. The van der Waals surface area contributed by atoms with Crippen LogP contribution in [-0.4, -0.2) is 24.9 Å². The van der Waals surface area contributed by atoms with E-state index in [0.29, 0.717) is 24.2 Å². The molecule has 5 heteroatoms. The minimum absolute atomic E-state index is 0.340. The molecule has 18 heavy (non-hydrogen) atoms. The van der Waals surface area contributed by atoms with Crippen molar-refractivity contribution in [2.45, 2.75) is 31.7 Å². The van der Waals surface area contributed by atoms with Crippen LogP contribution in [0.5, 0.6) is 0 Å². The first-order valence-corrected chi connectivity index (χ1v) is 5.95. The first kappa shape index (κ1) is 12.8. The molecular weight excluding hydrogens is 238 g/mol. The molecule has 1 aliphatic heterocycles. The number of carbonyl (C=O) groups excluding carboxylic acids is 1. The molecule has 3 nitrogen and oxygen atoms in total. The van der Waals surface area contributed by atoms with Gasteiger partial charge in [-0.2, -0.15) is 0 Å². The first-order valence-electron chi connectivity index (χ1n) is 5.95. The zero-order valence-electron chi connectivity index (χ0n) is 10.1. The second-order valence-corrected chi connectivity index (χ2v) is 4.56. The highest BCUT2D eigenvalue weighted by molar-refractivity contribution is 5.83. The Morgan fingerprint density at radius 1 is 1.44 bits per heavy atom. The van der Waals surface area contributed by atoms with Gasteiger partial charge in [0.15, 0.2) is 0 Å². The van der Waals surface area contributed by atoms with Gasteiger partial charge in [0.2, 0.25) is 12.3 Å². The lowest BCUT2D eigenvalue weighted by molar-refractivity contribution is -0.119. The van der Waals surface area contributed by atoms with Crippen LogP contribution in [0.3, 0.4) is 0 Å². The fourth-order valence-corrected chi connectivity index (χ4v) is 2.43. The fraction of sp³-hybridized carbons (Fsp3) is 0.462. The Morgan fingerprint density at radius 3 is 2.72 bits per heavy atom. The predicted octanol–water partition coefficient (Wildman–Crippen LogP) is 2.12. The maximum absolute atomic E-state index is 13.0. The molecule has 0 saturated carbocycles. The van der Waals surface area contributed by atoms with Gasteiger partial charge in [-0.25, -0.2) is 8.78 Å². The van der Waals surface area contributed by atoms with Gasteiger partial charge < -0.3 is 10.6 Å². The molecular formula is C13H16F2N2O. The summed E-state index contributed by atoms with van der Waals surface area (Å²) in [6.07, 6.45) is -2.04. The van der Waals surface area contributed by atoms with E-state index in [-0.39, 0.29) is 0 Å². The lowest BCUT2D eigenvalue weighted by atomic mass is 9.89. The number of rotatable bonds is 3. The van der Waals surface area contributed by atoms with Crippen LogP contribution in [0.2, 0.25) is 0 Å². The van der Waals surface area contributed by atoms with Gasteiger partial charge in [0.1, 0.15) is 6.04 Å². The Labute approximate surface area is 105 Å². The molecule has 1 aromatic rings. The third-order valence-electron chi connectivity index (χ3n) is 3.51. The quantitative estimate of drug-likeness (QED) is 0.898. The molecule has 1 heterocycles. The van der Waals surface area contributed by atoms with Crippen molar-refractivity contribution in [3.05, 3.63) is 29.8 Å². The number of hydrogen-bond acceptors (Lipinski definition) is 2. The molecule has 0 aliphatic carbocycles. The summed E-state index contributed by atoms with van der Waals surface area (Å²) in [5.74, 6) is -1.20. The highest BCUT2D eigenvalue weighted by Gasteiger charge is 2.33. The monoisotopic (exact) mass is 254 g/mol. The van der Waals surface area contributed by atoms with Crippen LogP contribution in [-0.2, 0) is 4.79 Å². The molecule has 1 aromatic carbocycles. The normalized spacial score (nSPS) is 20.7. The topological polar surface area (TPSA) is 46.3 Å². The van der Waals surface area contributed by atoms with E-state index in [1.54, 1.807) is 36.1 Å². The van der Waals surface area contributed by atoms with Crippen molar-refractivity contribution in [1.29, 1.82) is 0 Å². The fourth-order valence-electron chi connectivity index (χ4n) is 2.43. The van der Waals surface area contributed by atoms with Crippen LogP contribution < -0.4 is 10.6 Å². The molecule has 1 aliphatic rings. The van der Waals surface area contributed by atoms with Gasteiger partial charge in [-0.15, -0.1) is 0 Å². The SMILES string of the molecule is C[C@@H](C(N)=O)N1CC[C@@H](C(F)F)c2ccccc21. The standard InChI is InChI=1S/C13H16F2N2O/c1-8(13(16)18)17-7-6-10(12(14)15)9-4-2-3-5-11(9)17/h2-5,8,10,12H,6-7H2,1H3,(H2,16,18)/t8-,10+/m0/s1. The van der Waals surface area contributed by atoms with Crippen molar-refractivity contribution in [3.63, 3.8) is 0 Å². The molecule has 2 rings (SSSR count). The van der Waals surface area contributed by atoms with Gasteiger partial charge in [-0.05, 0) is 25.0 Å². The Bertz CT molecular complexity index is 450. The van der Waals surface area contributed by atoms with E-state index in [2.05, 4.69) is 0 Å². The summed E-state index contributed by atoms with van der Waals surface area (Å²) >= 11 is 0. The summed E-state index contributed by atoms with van der Waals surface area (Å²) in [5.41, 5.74) is 6.59. The zero-order chi connectivity index (χ0) is 13.3. The first-order chi connectivity index (χ1) is 8.52. The number of primary amides is 1. The number of nitrogens with two attached hydrogens (primary N) is 1. The molecule has 0 fully saturated rings. The number of para-hydroxylation sites is 1. The average Bonchev–Trinajstić information content (AvgIpc) is 2.36. The number of fused-ring (bicyclic) bond motifs is 1. The maximum atomic E-state index is 13.0. The Hall–Kier alpha value is -1.65. The minimum atomic E-state index is -2.38. The van der Waals surface area contributed by atoms with Crippen LogP contribution >= 0.6 is 0 Å². The molecule has 98 valence electrons. The highest BCUT2D eigenvalue weighted by atomic mass is 19.3. The van der Waals surface area contributed by atoms with Crippen molar-refractivity contribution in [2.75, 3.05) is 11.4 Å². The van der Waals surface area contributed by atoms with E-state index in [1.807, 2.05) is 0 Å². The molecule has 0 unspecified atom stereocenters. The summed E-state index contributed by atoms with van der Waals surface area (Å²) in [4.78, 5) is 13.1. The Kier molecular flexibility index (Phi) is 3.50. The molecule has 1 amide bonds. The number of halogens is 2. The number of benzene rings is 1. The number of nitrogens with zero attached hydrogens (tertiary/aromatic N) is 1. The lowest BCUT2D eigenvalue weighted by Gasteiger charge is -2.38. The van der Waals surface area contributed by atoms with E-state index in [4.69, 9.17) is 5.73 Å². The number of hydrogen-bond donors (Lipinski definition) is 1. The predicted molar refractivity (Wildman–Crippen MR) is 65.8 cm³/mol. The van der Waals surface area contributed by atoms with Gasteiger partial charge in [0.25, 0.3) is 0 Å². The average molecular weight is 254 g/mol. The van der Waals surface area contributed by atoms with E-state index in [9.17, 15) is 13.6 Å². The molecule has 0 saturated heterocycles. The summed E-state index contributed by atoms with van der Waals surface area (Å²) in [5, 5.41) is 0. The largest absolute Gasteiger partial charge is 0.368 e. The van der Waals surface area contributed by atoms with Crippen molar-refractivity contribution in [2.24, 2.45) is 5.73 Å². The Balaban J connectivity index is 2.39. The second-order valence-electron chi connectivity index (χ2n) is 4.56. The maximum Gasteiger partial charge on any atom is 0.245 e. The van der Waals surface area contributed by atoms with Gasteiger partial charge in [0, 0.05) is 18.2 Å². The van der Waals surface area contributed by atoms with E-state index >= 15 is 0 Å². The summed E-state index contributed by atoms with van der Waals surface area (Å²) in [7, 11) is 0. The van der Waals surface area contributed by atoms with Crippen molar-refractivity contribution >= 4 is 11.6 Å². The van der Waals surface area contributed by atoms with E-state index < -0.39 is 24.3 Å². The third-order valence-corrected chi connectivity index (χ3v) is 3.51. The van der Waals surface area contributed by atoms with Gasteiger partial charge in [0.05, 0.1) is 0 Å². The van der Waals surface area contributed by atoms with Crippen LogP contribution in [0, 0.1) is 0 Å². The van der Waals surface area contributed by atoms with Gasteiger partial charge >= 0.3 is 0 Å². The number of alkyl halides is 2. The third kappa shape index (κ3) is 2.17. The molecule has 0 spiro atoms. The van der Waals surface area contributed by atoms with Crippen molar-refractivity contribution < 1.29 is 13.6 Å².